The third-order valence-electron chi connectivity index (χ3n) is 4.28. The Bertz CT molecular complexity index is 742. The molecule has 0 aromatic carbocycles. The summed E-state index contributed by atoms with van der Waals surface area (Å²) in [5.74, 6) is 1.92. The van der Waals surface area contributed by atoms with E-state index in [0.717, 1.165) is 31.7 Å². The molecule has 0 aliphatic carbocycles. The summed E-state index contributed by atoms with van der Waals surface area (Å²) in [7, 11) is 0. The number of fused-ring (bicyclic) bond motifs is 2. The maximum absolute atomic E-state index is 4.38. The smallest absolute Gasteiger partial charge is 0.136 e. The van der Waals surface area contributed by atoms with Gasteiger partial charge in [0.15, 0.2) is 0 Å². The van der Waals surface area contributed by atoms with E-state index in [-0.39, 0.29) is 0 Å². The third-order valence-corrected chi connectivity index (χ3v) is 4.28. The second-order valence-electron chi connectivity index (χ2n) is 5.70. The van der Waals surface area contributed by atoms with Crippen LogP contribution in [-0.4, -0.2) is 25.5 Å². The second-order valence-corrected chi connectivity index (χ2v) is 5.70. The van der Waals surface area contributed by atoms with Crippen LogP contribution in [-0.2, 0) is 19.5 Å². The Balaban J connectivity index is 1.37. The fourth-order valence-electron chi connectivity index (χ4n) is 3.16. The summed E-state index contributed by atoms with van der Waals surface area (Å²) in [5.41, 5.74) is 2.26. The van der Waals surface area contributed by atoms with Gasteiger partial charge in [0.2, 0.25) is 0 Å². The molecule has 21 heavy (non-hydrogen) atoms. The number of aryl methyl sites for hydroxylation is 1. The van der Waals surface area contributed by atoms with Gasteiger partial charge in [0, 0.05) is 56.5 Å². The second kappa shape index (κ2) is 5.33. The number of nitrogens with zero attached hydrogens (tertiary/aromatic N) is 4. The number of rotatable bonds is 4. The molecule has 1 aliphatic rings. The number of aromatic nitrogens is 4. The van der Waals surface area contributed by atoms with E-state index in [1.54, 1.807) is 0 Å². The van der Waals surface area contributed by atoms with Crippen molar-refractivity contribution in [1.29, 1.82) is 0 Å². The van der Waals surface area contributed by atoms with Gasteiger partial charge in [0.1, 0.15) is 11.5 Å². The molecule has 0 saturated carbocycles. The summed E-state index contributed by atoms with van der Waals surface area (Å²) in [5, 5.41) is 3.59. The third kappa shape index (κ3) is 2.45. The van der Waals surface area contributed by atoms with E-state index in [2.05, 4.69) is 42.6 Å². The van der Waals surface area contributed by atoms with Crippen molar-refractivity contribution in [2.24, 2.45) is 5.92 Å². The summed E-state index contributed by atoms with van der Waals surface area (Å²) < 4.78 is 4.42. The topological polar surface area (TPSA) is 47.2 Å². The van der Waals surface area contributed by atoms with E-state index >= 15 is 0 Å². The highest BCUT2D eigenvalue weighted by molar-refractivity contribution is 5.39. The zero-order valence-electron chi connectivity index (χ0n) is 11.9. The van der Waals surface area contributed by atoms with Crippen molar-refractivity contribution in [3.63, 3.8) is 0 Å². The first-order valence-corrected chi connectivity index (χ1v) is 7.52. The summed E-state index contributed by atoms with van der Waals surface area (Å²) in [6.07, 6.45) is 10.2. The maximum Gasteiger partial charge on any atom is 0.136 e. The standard InChI is InChI=1S/C16H19N5/c1-2-14(21-9-7-19-16(21)3-1)11-17-10-13-4-5-15-18-6-8-20(15)12-13/h1-3,6-9,13,17H,4-5,10-12H2/t13-/m1/s1. The SMILES string of the molecule is c1cc(CNC[C@H]2CCc3nccn3C2)n2ccnc2c1. The molecule has 3 aromatic rings. The average Bonchev–Trinajstić information content (AvgIpc) is 3.15. The molecule has 0 saturated heterocycles. The van der Waals surface area contributed by atoms with Gasteiger partial charge in [-0.25, -0.2) is 9.97 Å². The van der Waals surface area contributed by atoms with Crippen LogP contribution in [0.4, 0.5) is 0 Å². The highest BCUT2D eigenvalue weighted by Gasteiger charge is 2.18. The van der Waals surface area contributed by atoms with Crippen LogP contribution in [0, 0.1) is 5.92 Å². The van der Waals surface area contributed by atoms with Gasteiger partial charge in [-0.3, -0.25) is 0 Å². The summed E-state index contributed by atoms with van der Waals surface area (Å²) in [6, 6.07) is 6.25. The fourth-order valence-corrected chi connectivity index (χ4v) is 3.16. The predicted molar refractivity (Wildman–Crippen MR) is 80.9 cm³/mol. The van der Waals surface area contributed by atoms with E-state index < -0.39 is 0 Å². The van der Waals surface area contributed by atoms with Crippen molar-refractivity contribution in [3.8, 4) is 0 Å². The lowest BCUT2D eigenvalue weighted by Crippen LogP contribution is -2.30. The van der Waals surface area contributed by atoms with Crippen molar-refractivity contribution < 1.29 is 0 Å². The molecule has 1 atom stereocenters. The van der Waals surface area contributed by atoms with Crippen LogP contribution in [0.1, 0.15) is 17.9 Å². The first kappa shape index (κ1) is 12.6. The number of hydrogen-bond acceptors (Lipinski definition) is 3. The van der Waals surface area contributed by atoms with Crippen LogP contribution < -0.4 is 5.32 Å². The van der Waals surface area contributed by atoms with Gasteiger partial charge in [-0.2, -0.15) is 0 Å². The van der Waals surface area contributed by atoms with Crippen molar-refractivity contribution in [1.82, 2.24) is 24.3 Å². The number of imidazole rings is 2. The molecular formula is C16H19N5. The van der Waals surface area contributed by atoms with E-state index in [1.165, 1.54) is 17.9 Å². The van der Waals surface area contributed by atoms with Gasteiger partial charge in [-0.05, 0) is 24.5 Å². The van der Waals surface area contributed by atoms with Gasteiger partial charge in [0.25, 0.3) is 0 Å². The monoisotopic (exact) mass is 281 g/mol. The maximum atomic E-state index is 4.38. The molecule has 5 heteroatoms. The van der Waals surface area contributed by atoms with Crippen molar-refractivity contribution in [3.05, 3.63) is 54.5 Å². The molecule has 5 nitrogen and oxygen atoms in total. The Morgan fingerprint density at radius 1 is 1.19 bits per heavy atom. The zero-order chi connectivity index (χ0) is 14.1. The predicted octanol–water partition coefficient (Wildman–Crippen LogP) is 1.88. The molecule has 0 bridgehead atoms. The number of nitrogens with one attached hydrogen (secondary N) is 1. The van der Waals surface area contributed by atoms with Crippen molar-refractivity contribution >= 4 is 5.65 Å². The summed E-state index contributed by atoms with van der Waals surface area (Å²) in [6.45, 7) is 3.00. The Morgan fingerprint density at radius 2 is 2.14 bits per heavy atom. The Hall–Kier alpha value is -2.14. The molecule has 3 aromatic heterocycles. The lowest BCUT2D eigenvalue weighted by molar-refractivity contribution is 0.347. The van der Waals surface area contributed by atoms with E-state index in [1.807, 2.05) is 24.7 Å². The number of pyridine rings is 1. The molecule has 0 fully saturated rings. The minimum absolute atomic E-state index is 0.689. The number of hydrogen-bond donors (Lipinski definition) is 1. The molecule has 0 unspecified atom stereocenters. The molecule has 0 amide bonds. The molecule has 1 N–H and O–H groups in total. The minimum atomic E-state index is 0.689. The van der Waals surface area contributed by atoms with Gasteiger partial charge >= 0.3 is 0 Å². The zero-order valence-corrected chi connectivity index (χ0v) is 11.9. The van der Waals surface area contributed by atoms with Crippen LogP contribution in [0.5, 0.6) is 0 Å². The van der Waals surface area contributed by atoms with Crippen molar-refractivity contribution in [2.45, 2.75) is 25.9 Å². The highest BCUT2D eigenvalue weighted by Crippen LogP contribution is 2.18. The molecule has 108 valence electrons. The lowest BCUT2D eigenvalue weighted by atomic mass is 9.99. The van der Waals surface area contributed by atoms with Crippen molar-refractivity contribution in [2.75, 3.05) is 6.54 Å². The first-order valence-electron chi connectivity index (χ1n) is 7.52. The van der Waals surface area contributed by atoms with Gasteiger partial charge < -0.3 is 14.3 Å². The summed E-state index contributed by atoms with van der Waals surface area (Å²) >= 11 is 0. The molecule has 0 radical (unpaired) electrons. The van der Waals surface area contributed by atoms with Crippen LogP contribution in [0.3, 0.4) is 0 Å². The molecule has 0 spiro atoms. The lowest BCUT2D eigenvalue weighted by Gasteiger charge is -2.24. The van der Waals surface area contributed by atoms with Gasteiger partial charge in [-0.15, -0.1) is 0 Å². The quantitative estimate of drug-likeness (QED) is 0.794. The first-order chi connectivity index (χ1) is 10.4. The Labute approximate surface area is 123 Å². The van der Waals surface area contributed by atoms with Crippen LogP contribution in [0.2, 0.25) is 0 Å². The van der Waals surface area contributed by atoms with Crippen LogP contribution in [0.15, 0.2) is 43.0 Å². The molecule has 4 rings (SSSR count). The van der Waals surface area contributed by atoms with E-state index in [9.17, 15) is 0 Å². The summed E-state index contributed by atoms with van der Waals surface area (Å²) in [4.78, 5) is 8.70. The molecule has 4 heterocycles. The van der Waals surface area contributed by atoms with Gasteiger partial charge in [0.05, 0.1) is 0 Å². The van der Waals surface area contributed by atoms with E-state index in [0.29, 0.717) is 5.92 Å². The van der Waals surface area contributed by atoms with E-state index in [4.69, 9.17) is 0 Å². The van der Waals surface area contributed by atoms with Gasteiger partial charge in [-0.1, -0.05) is 6.07 Å². The largest absolute Gasteiger partial charge is 0.335 e. The fraction of sp³-hybridized carbons (Fsp3) is 0.375. The Morgan fingerprint density at radius 3 is 3.14 bits per heavy atom. The molecular weight excluding hydrogens is 262 g/mol. The normalized spacial score (nSPS) is 18.0. The minimum Gasteiger partial charge on any atom is -0.335 e. The molecule has 1 aliphatic heterocycles. The Kier molecular flexibility index (Phi) is 3.20. The highest BCUT2D eigenvalue weighted by atomic mass is 15.1. The average molecular weight is 281 g/mol. The van der Waals surface area contributed by atoms with Crippen LogP contribution in [0.25, 0.3) is 5.65 Å². The van der Waals surface area contributed by atoms with Crippen LogP contribution >= 0.6 is 0 Å².